The number of hydrogen-bond donors (Lipinski definition) is 1. The van der Waals surface area contributed by atoms with Gasteiger partial charge >= 0.3 is 0 Å². The molecule has 1 aliphatic rings. The van der Waals surface area contributed by atoms with Crippen molar-refractivity contribution in [3.63, 3.8) is 0 Å². The van der Waals surface area contributed by atoms with Crippen molar-refractivity contribution in [2.45, 2.75) is 19.9 Å². The van der Waals surface area contributed by atoms with Crippen LogP contribution in [0.3, 0.4) is 0 Å². The van der Waals surface area contributed by atoms with E-state index in [1.807, 2.05) is 54.1 Å². The lowest BCUT2D eigenvalue weighted by Gasteiger charge is -2.29. The van der Waals surface area contributed by atoms with Gasteiger partial charge in [0.1, 0.15) is 5.82 Å². The Kier molecular flexibility index (Phi) is 4.24. The minimum absolute atomic E-state index is 0.0748. The van der Waals surface area contributed by atoms with Gasteiger partial charge in [0.2, 0.25) is 5.91 Å². The van der Waals surface area contributed by atoms with Crippen LogP contribution in [0.5, 0.6) is 0 Å². The van der Waals surface area contributed by atoms with Crippen LogP contribution < -0.4 is 10.6 Å². The van der Waals surface area contributed by atoms with Gasteiger partial charge < -0.3 is 5.73 Å². The molecule has 0 unspecified atom stereocenters. The first-order valence-electron chi connectivity index (χ1n) is 8.91. The number of nitrogens with zero attached hydrogens (tertiary/aromatic N) is 3. The van der Waals surface area contributed by atoms with Crippen molar-refractivity contribution in [2.24, 2.45) is 5.73 Å². The number of anilines is 1. The fourth-order valence-electron chi connectivity index (χ4n) is 3.65. The summed E-state index contributed by atoms with van der Waals surface area (Å²) in [4.78, 5) is 26.9. The number of carbonyl (C=O) groups is 2. The average Bonchev–Trinajstić information content (AvgIpc) is 3.03. The Morgan fingerprint density at radius 2 is 1.70 bits per heavy atom. The summed E-state index contributed by atoms with van der Waals surface area (Å²) in [6, 6.07) is 16.4. The Balaban J connectivity index is 1.89. The van der Waals surface area contributed by atoms with E-state index < -0.39 is 5.91 Å². The summed E-state index contributed by atoms with van der Waals surface area (Å²) in [5, 5.41) is 4.62. The second-order valence-corrected chi connectivity index (χ2v) is 6.59. The predicted molar refractivity (Wildman–Crippen MR) is 104 cm³/mol. The summed E-state index contributed by atoms with van der Waals surface area (Å²) >= 11 is 0. The first-order valence-corrected chi connectivity index (χ1v) is 8.91. The fourth-order valence-corrected chi connectivity index (χ4v) is 3.65. The van der Waals surface area contributed by atoms with E-state index in [0.717, 1.165) is 30.0 Å². The van der Waals surface area contributed by atoms with Gasteiger partial charge in [0.15, 0.2) is 0 Å². The molecule has 2 N–H and O–H groups in total. The van der Waals surface area contributed by atoms with E-state index in [9.17, 15) is 9.59 Å². The first kappa shape index (κ1) is 17.0. The molecule has 0 radical (unpaired) electrons. The lowest BCUT2D eigenvalue weighted by molar-refractivity contribution is 0.0979. The Labute approximate surface area is 157 Å². The van der Waals surface area contributed by atoms with Crippen molar-refractivity contribution in [2.75, 3.05) is 11.4 Å². The van der Waals surface area contributed by atoms with Crippen LogP contribution in [-0.2, 0) is 6.54 Å². The molecule has 0 atom stereocenters. The van der Waals surface area contributed by atoms with E-state index in [1.165, 1.54) is 0 Å². The molecule has 27 heavy (non-hydrogen) atoms. The molecule has 0 spiro atoms. The van der Waals surface area contributed by atoms with Crippen molar-refractivity contribution < 1.29 is 9.59 Å². The normalized spacial score (nSPS) is 13.3. The van der Waals surface area contributed by atoms with Crippen molar-refractivity contribution in [1.82, 2.24) is 9.78 Å². The molecule has 1 aliphatic heterocycles. The molecular formula is C21H20N4O2. The molecule has 0 aliphatic carbocycles. The van der Waals surface area contributed by atoms with Gasteiger partial charge in [0.05, 0.1) is 5.69 Å². The Morgan fingerprint density at radius 3 is 2.44 bits per heavy atom. The summed E-state index contributed by atoms with van der Waals surface area (Å²) in [6.45, 7) is 3.22. The average molecular weight is 360 g/mol. The molecule has 2 heterocycles. The maximum absolute atomic E-state index is 13.2. The number of fused-ring (bicyclic) bond motifs is 1. The zero-order valence-electron chi connectivity index (χ0n) is 15.1. The van der Waals surface area contributed by atoms with Gasteiger partial charge in [-0.05, 0) is 37.1 Å². The molecule has 6 nitrogen and oxygen atoms in total. The van der Waals surface area contributed by atoms with Crippen LogP contribution in [-0.4, -0.2) is 28.1 Å². The maximum atomic E-state index is 13.2. The summed E-state index contributed by atoms with van der Waals surface area (Å²) in [6.07, 6.45) is 0.823. The highest BCUT2D eigenvalue weighted by Crippen LogP contribution is 2.38. The van der Waals surface area contributed by atoms with E-state index in [-0.39, 0.29) is 5.91 Å². The highest BCUT2D eigenvalue weighted by atomic mass is 16.2. The standard InChI is InChI=1S/C21H20N4O2/c1-14-18(16-10-5-6-11-17(16)19(22)26)20-24(12-7-13-25(20)23-14)21(27)15-8-3-2-4-9-15/h2-6,8-11H,7,12-13H2,1H3,(H2,22,26). The maximum Gasteiger partial charge on any atom is 0.259 e. The van der Waals surface area contributed by atoms with E-state index in [1.54, 1.807) is 17.0 Å². The molecule has 4 rings (SSSR count). The van der Waals surface area contributed by atoms with Gasteiger partial charge in [-0.2, -0.15) is 5.10 Å². The van der Waals surface area contributed by atoms with Crippen LogP contribution in [0, 0.1) is 6.92 Å². The Morgan fingerprint density at radius 1 is 1.00 bits per heavy atom. The number of benzene rings is 2. The third-order valence-electron chi connectivity index (χ3n) is 4.84. The van der Waals surface area contributed by atoms with E-state index in [0.29, 0.717) is 23.2 Å². The molecule has 136 valence electrons. The van der Waals surface area contributed by atoms with Gasteiger partial charge in [-0.25, -0.2) is 4.68 Å². The third kappa shape index (κ3) is 2.89. The van der Waals surface area contributed by atoms with Crippen molar-refractivity contribution in [3.8, 4) is 11.1 Å². The molecular weight excluding hydrogens is 340 g/mol. The number of aryl methyl sites for hydroxylation is 2. The first-order chi connectivity index (χ1) is 13.1. The van der Waals surface area contributed by atoms with Crippen LogP contribution in [0.15, 0.2) is 54.6 Å². The highest BCUT2D eigenvalue weighted by Gasteiger charge is 2.31. The van der Waals surface area contributed by atoms with Crippen molar-refractivity contribution in [1.29, 1.82) is 0 Å². The quantitative estimate of drug-likeness (QED) is 0.779. The van der Waals surface area contributed by atoms with E-state index in [2.05, 4.69) is 5.10 Å². The number of amides is 2. The molecule has 6 heteroatoms. The topological polar surface area (TPSA) is 81.2 Å². The SMILES string of the molecule is Cc1nn2c(c1-c1ccccc1C(N)=O)N(C(=O)c1ccccc1)CCC2. The molecule has 3 aromatic rings. The van der Waals surface area contributed by atoms with E-state index in [4.69, 9.17) is 5.73 Å². The van der Waals surface area contributed by atoms with Crippen LogP contribution in [0.4, 0.5) is 5.82 Å². The minimum Gasteiger partial charge on any atom is -0.366 e. The molecule has 1 aromatic heterocycles. The van der Waals surface area contributed by atoms with Gasteiger partial charge in [0, 0.05) is 29.8 Å². The second kappa shape index (κ2) is 6.72. The summed E-state index contributed by atoms with van der Waals surface area (Å²) in [7, 11) is 0. The number of rotatable bonds is 3. The largest absolute Gasteiger partial charge is 0.366 e. The lowest BCUT2D eigenvalue weighted by Crippen LogP contribution is -2.38. The Hall–Kier alpha value is -3.41. The van der Waals surface area contributed by atoms with Crippen molar-refractivity contribution >= 4 is 17.6 Å². The van der Waals surface area contributed by atoms with Crippen LogP contribution >= 0.6 is 0 Å². The minimum atomic E-state index is -0.498. The summed E-state index contributed by atoms with van der Waals surface area (Å²) in [5.74, 6) is 0.150. The Bertz CT molecular complexity index is 1020. The van der Waals surface area contributed by atoms with Crippen LogP contribution in [0.1, 0.15) is 32.8 Å². The molecule has 0 saturated heterocycles. The zero-order chi connectivity index (χ0) is 19.0. The fraction of sp³-hybridized carbons (Fsp3) is 0.190. The number of primary amides is 1. The van der Waals surface area contributed by atoms with E-state index >= 15 is 0 Å². The summed E-state index contributed by atoms with van der Waals surface area (Å²) < 4.78 is 1.85. The molecule has 2 aromatic carbocycles. The molecule has 0 saturated carbocycles. The van der Waals surface area contributed by atoms with Gasteiger partial charge in [0.25, 0.3) is 5.91 Å². The molecule has 0 bridgehead atoms. The number of carbonyl (C=O) groups excluding carboxylic acids is 2. The highest BCUT2D eigenvalue weighted by molar-refractivity contribution is 6.09. The molecule has 0 fully saturated rings. The number of aromatic nitrogens is 2. The second-order valence-electron chi connectivity index (χ2n) is 6.59. The predicted octanol–water partition coefficient (Wildman–Crippen LogP) is 3.01. The summed E-state index contributed by atoms with van der Waals surface area (Å²) in [5.41, 5.74) is 8.90. The molecule has 2 amide bonds. The van der Waals surface area contributed by atoms with Gasteiger partial charge in [-0.3, -0.25) is 14.5 Å². The zero-order valence-corrected chi connectivity index (χ0v) is 15.1. The smallest absolute Gasteiger partial charge is 0.259 e. The monoisotopic (exact) mass is 360 g/mol. The number of nitrogens with two attached hydrogens (primary N) is 1. The number of hydrogen-bond acceptors (Lipinski definition) is 3. The lowest BCUT2D eigenvalue weighted by atomic mass is 9.98. The van der Waals surface area contributed by atoms with Gasteiger partial charge in [-0.1, -0.05) is 36.4 Å². The third-order valence-corrected chi connectivity index (χ3v) is 4.84. The van der Waals surface area contributed by atoms with Gasteiger partial charge in [-0.15, -0.1) is 0 Å². The van der Waals surface area contributed by atoms with Crippen LogP contribution in [0.25, 0.3) is 11.1 Å². The van der Waals surface area contributed by atoms with Crippen LogP contribution in [0.2, 0.25) is 0 Å². The van der Waals surface area contributed by atoms with Crippen molar-refractivity contribution in [3.05, 3.63) is 71.4 Å².